The molecular formula is C12H15ClN2O2S. The number of amides is 1. The second kappa shape index (κ2) is 6.41. The van der Waals surface area contributed by atoms with Gasteiger partial charge in [0.2, 0.25) is 5.91 Å². The molecule has 0 bridgehead atoms. The number of morpholine rings is 1. The maximum Gasteiger partial charge on any atom is 0.235 e. The number of rotatable bonds is 3. The first-order valence-corrected chi connectivity index (χ1v) is 7.08. The summed E-state index contributed by atoms with van der Waals surface area (Å²) in [6.45, 7) is 4.45. The number of carbonyl (C=O) groups excluding carboxylic acids is 1. The Balaban J connectivity index is 1.96. The van der Waals surface area contributed by atoms with Gasteiger partial charge >= 0.3 is 0 Å². The standard InChI is InChI=1S/C12H15ClN2O2S/c1-9(12(16)15-5-7-17-8-6-15)18-11-10(13)3-2-4-14-11/h2-4,9H,5-8H2,1H3/t9-/m0/s1. The molecule has 0 spiro atoms. The van der Waals surface area contributed by atoms with Crippen LogP contribution in [-0.2, 0) is 9.53 Å². The van der Waals surface area contributed by atoms with Gasteiger partial charge in [0, 0.05) is 19.3 Å². The van der Waals surface area contributed by atoms with Crippen LogP contribution in [0.5, 0.6) is 0 Å². The van der Waals surface area contributed by atoms with E-state index in [1.165, 1.54) is 11.8 Å². The van der Waals surface area contributed by atoms with E-state index < -0.39 is 0 Å². The Kier molecular flexibility index (Phi) is 4.86. The van der Waals surface area contributed by atoms with E-state index in [0.29, 0.717) is 36.4 Å². The fraction of sp³-hybridized carbons (Fsp3) is 0.500. The molecule has 0 unspecified atom stereocenters. The zero-order valence-electron chi connectivity index (χ0n) is 10.1. The molecule has 0 aliphatic carbocycles. The van der Waals surface area contributed by atoms with Gasteiger partial charge in [0.15, 0.2) is 0 Å². The smallest absolute Gasteiger partial charge is 0.235 e. The highest BCUT2D eigenvalue weighted by molar-refractivity contribution is 8.00. The van der Waals surface area contributed by atoms with E-state index in [-0.39, 0.29) is 11.2 Å². The van der Waals surface area contributed by atoms with E-state index in [0.717, 1.165) is 0 Å². The van der Waals surface area contributed by atoms with Crippen LogP contribution >= 0.6 is 23.4 Å². The maximum atomic E-state index is 12.2. The first-order valence-electron chi connectivity index (χ1n) is 5.82. The molecule has 6 heteroatoms. The quantitative estimate of drug-likeness (QED) is 0.798. The minimum atomic E-state index is -0.185. The van der Waals surface area contributed by atoms with Crippen LogP contribution in [0.3, 0.4) is 0 Å². The zero-order chi connectivity index (χ0) is 13.0. The lowest BCUT2D eigenvalue weighted by atomic mass is 10.3. The largest absolute Gasteiger partial charge is 0.378 e. The first-order chi connectivity index (χ1) is 8.68. The Morgan fingerprint density at radius 2 is 2.28 bits per heavy atom. The van der Waals surface area contributed by atoms with Crippen molar-refractivity contribution in [2.24, 2.45) is 0 Å². The SMILES string of the molecule is C[C@H](Sc1ncccc1Cl)C(=O)N1CCOCC1. The molecule has 0 saturated carbocycles. The van der Waals surface area contributed by atoms with Crippen molar-refractivity contribution in [3.63, 3.8) is 0 Å². The van der Waals surface area contributed by atoms with Gasteiger partial charge in [0.25, 0.3) is 0 Å². The number of ether oxygens (including phenoxy) is 1. The van der Waals surface area contributed by atoms with Gasteiger partial charge in [-0.25, -0.2) is 4.98 Å². The summed E-state index contributed by atoms with van der Waals surface area (Å²) < 4.78 is 5.23. The molecule has 0 aromatic carbocycles. The molecule has 4 nitrogen and oxygen atoms in total. The summed E-state index contributed by atoms with van der Waals surface area (Å²) in [4.78, 5) is 18.2. The molecule has 98 valence electrons. The molecule has 1 aromatic heterocycles. The lowest BCUT2D eigenvalue weighted by Crippen LogP contribution is -2.44. The van der Waals surface area contributed by atoms with Crippen LogP contribution in [0.25, 0.3) is 0 Å². The fourth-order valence-corrected chi connectivity index (χ4v) is 2.86. The highest BCUT2D eigenvalue weighted by Crippen LogP contribution is 2.28. The van der Waals surface area contributed by atoms with Gasteiger partial charge in [0.05, 0.1) is 23.5 Å². The van der Waals surface area contributed by atoms with Gasteiger partial charge in [-0.05, 0) is 19.1 Å². The molecule has 1 aliphatic rings. The lowest BCUT2D eigenvalue weighted by Gasteiger charge is -2.29. The normalized spacial score (nSPS) is 17.6. The van der Waals surface area contributed by atoms with Crippen molar-refractivity contribution < 1.29 is 9.53 Å². The van der Waals surface area contributed by atoms with Crippen LogP contribution in [0.1, 0.15) is 6.92 Å². The lowest BCUT2D eigenvalue weighted by molar-refractivity contribution is -0.134. The van der Waals surface area contributed by atoms with Crippen molar-refractivity contribution in [3.05, 3.63) is 23.4 Å². The average molecular weight is 287 g/mol. The summed E-state index contributed by atoms with van der Waals surface area (Å²) in [5.41, 5.74) is 0. The minimum Gasteiger partial charge on any atom is -0.378 e. The number of hydrogen-bond donors (Lipinski definition) is 0. The third-order valence-corrected chi connectivity index (χ3v) is 4.20. The summed E-state index contributed by atoms with van der Waals surface area (Å²) >= 11 is 7.43. The summed E-state index contributed by atoms with van der Waals surface area (Å²) in [5.74, 6) is 0.116. The first kappa shape index (κ1) is 13.6. The van der Waals surface area contributed by atoms with E-state index in [2.05, 4.69) is 4.98 Å². The summed E-state index contributed by atoms with van der Waals surface area (Å²) in [6.07, 6.45) is 1.68. The van der Waals surface area contributed by atoms with Gasteiger partial charge in [-0.3, -0.25) is 4.79 Å². The Labute approximate surface area is 116 Å². The van der Waals surface area contributed by atoms with Gasteiger partial charge in [-0.1, -0.05) is 23.4 Å². The van der Waals surface area contributed by atoms with Crippen LogP contribution in [0.15, 0.2) is 23.4 Å². The molecule has 2 rings (SSSR count). The molecule has 1 amide bonds. The fourth-order valence-electron chi connectivity index (χ4n) is 1.72. The highest BCUT2D eigenvalue weighted by atomic mass is 35.5. The van der Waals surface area contributed by atoms with Crippen LogP contribution in [-0.4, -0.2) is 47.3 Å². The van der Waals surface area contributed by atoms with Crippen molar-refractivity contribution in [1.82, 2.24) is 9.88 Å². The van der Waals surface area contributed by atoms with Crippen molar-refractivity contribution >= 4 is 29.3 Å². The molecule has 1 atom stereocenters. The number of carbonyl (C=O) groups is 1. The van der Waals surface area contributed by atoms with E-state index in [1.807, 2.05) is 11.8 Å². The molecule has 1 aromatic rings. The zero-order valence-corrected chi connectivity index (χ0v) is 11.7. The average Bonchev–Trinajstić information content (AvgIpc) is 2.41. The van der Waals surface area contributed by atoms with Crippen molar-refractivity contribution in [1.29, 1.82) is 0 Å². The third-order valence-electron chi connectivity index (χ3n) is 2.68. The van der Waals surface area contributed by atoms with E-state index in [9.17, 15) is 4.79 Å². The molecule has 1 aliphatic heterocycles. The number of halogens is 1. The van der Waals surface area contributed by atoms with Gasteiger partial charge < -0.3 is 9.64 Å². The molecule has 0 radical (unpaired) electrons. The Morgan fingerprint density at radius 3 is 2.94 bits per heavy atom. The second-order valence-electron chi connectivity index (χ2n) is 3.99. The number of hydrogen-bond acceptors (Lipinski definition) is 4. The number of aromatic nitrogens is 1. The Morgan fingerprint density at radius 1 is 1.56 bits per heavy atom. The van der Waals surface area contributed by atoms with Gasteiger partial charge in [-0.15, -0.1) is 0 Å². The van der Waals surface area contributed by atoms with Crippen LogP contribution in [0, 0.1) is 0 Å². The third kappa shape index (κ3) is 3.37. The van der Waals surface area contributed by atoms with Crippen molar-refractivity contribution in [2.75, 3.05) is 26.3 Å². The van der Waals surface area contributed by atoms with Gasteiger partial charge in [-0.2, -0.15) is 0 Å². The molecule has 1 fully saturated rings. The molecule has 18 heavy (non-hydrogen) atoms. The molecular weight excluding hydrogens is 272 g/mol. The molecule has 1 saturated heterocycles. The monoisotopic (exact) mass is 286 g/mol. The molecule has 0 N–H and O–H groups in total. The predicted molar refractivity (Wildman–Crippen MR) is 72.0 cm³/mol. The minimum absolute atomic E-state index is 0.116. The summed E-state index contributed by atoms with van der Waals surface area (Å²) in [6, 6.07) is 3.56. The van der Waals surface area contributed by atoms with E-state index >= 15 is 0 Å². The van der Waals surface area contributed by atoms with Crippen molar-refractivity contribution in [3.8, 4) is 0 Å². The number of thioether (sulfide) groups is 1. The second-order valence-corrected chi connectivity index (χ2v) is 5.72. The summed E-state index contributed by atoms with van der Waals surface area (Å²) in [7, 11) is 0. The van der Waals surface area contributed by atoms with E-state index in [1.54, 1.807) is 18.3 Å². The van der Waals surface area contributed by atoms with Crippen LogP contribution in [0.2, 0.25) is 5.02 Å². The topological polar surface area (TPSA) is 42.4 Å². The number of pyridine rings is 1. The molecule has 2 heterocycles. The van der Waals surface area contributed by atoms with Crippen molar-refractivity contribution in [2.45, 2.75) is 17.2 Å². The van der Waals surface area contributed by atoms with E-state index in [4.69, 9.17) is 16.3 Å². The van der Waals surface area contributed by atoms with Crippen LogP contribution < -0.4 is 0 Å². The Bertz CT molecular complexity index is 424. The highest BCUT2D eigenvalue weighted by Gasteiger charge is 2.24. The number of nitrogens with zero attached hydrogens (tertiary/aromatic N) is 2. The predicted octanol–water partition coefficient (Wildman–Crippen LogP) is 2.07. The Hall–Kier alpha value is -0.780. The maximum absolute atomic E-state index is 12.2. The van der Waals surface area contributed by atoms with Gasteiger partial charge in [0.1, 0.15) is 5.03 Å². The summed E-state index contributed by atoms with van der Waals surface area (Å²) in [5, 5.41) is 1.10. The van der Waals surface area contributed by atoms with Crippen LogP contribution in [0.4, 0.5) is 0 Å².